The molecule has 0 amide bonds. The molecule has 2 fully saturated rings. The molecule has 1 saturated carbocycles. The molecule has 1 aliphatic heterocycles. The second-order valence-electron chi connectivity index (χ2n) is 6.36. The molecule has 7 nitrogen and oxygen atoms in total. The summed E-state index contributed by atoms with van der Waals surface area (Å²) in [5, 5.41) is 11.8. The van der Waals surface area contributed by atoms with Crippen LogP contribution in [-0.4, -0.2) is 49.6 Å². The van der Waals surface area contributed by atoms with E-state index in [2.05, 4.69) is 31.4 Å². The lowest BCUT2D eigenvalue weighted by atomic mass is 10.1. The molecular weight excluding hydrogens is 280 g/mol. The summed E-state index contributed by atoms with van der Waals surface area (Å²) in [5.41, 5.74) is 2.65. The van der Waals surface area contributed by atoms with Gasteiger partial charge in [-0.3, -0.25) is 14.7 Å². The van der Waals surface area contributed by atoms with E-state index in [0.717, 1.165) is 37.9 Å². The van der Waals surface area contributed by atoms with Crippen LogP contribution >= 0.6 is 0 Å². The first-order valence-corrected chi connectivity index (χ1v) is 7.94. The van der Waals surface area contributed by atoms with Crippen LogP contribution in [0.1, 0.15) is 47.8 Å². The van der Waals surface area contributed by atoms with E-state index in [1.54, 1.807) is 0 Å². The third-order valence-corrected chi connectivity index (χ3v) is 4.35. The minimum absolute atomic E-state index is 0.0419. The number of H-pyrrole nitrogens is 1. The van der Waals surface area contributed by atoms with Gasteiger partial charge in [-0.1, -0.05) is 0 Å². The first-order chi connectivity index (χ1) is 10.7. The largest absolute Gasteiger partial charge is 0.367 e. The van der Waals surface area contributed by atoms with E-state index in [9.17, 15) is 0 Å². The summed E-state index contributed by atoms with van der Waals surface area (Å²) in [6, 6.07) is 0. The zero-order valence-electron chi connectivity index (χ0n) is 13.1. The van der Waals surface area contributed by atoms with Crippen molar-refractivity contribution in [2.24, 2.45) is 7.05 Å². The van der Waals surface area contributed by atoms with Crippen molar-refractivity contribution in [1.82, 2.24) is 29.9 Å². The molecule has 2 aromatic rings. The van der Waals surface area contributed by atoms with Gasteiger partial charge in [0.2, 0.25) is 0 Å². The van der Waals surface area contributed by atoms with E-state index < -0.39 is 0 Å². The van der Waals surface area contributed by atoms with Crippen LogP contribution in [0, 0.1) is 6.92 Å². The van der Waals surface area contributed by atoms with Gasteiger partial charge in [0.1, 0.15) is 11.9 Å². The van der Waals surface area contributed by atoms with E-state index in [1.807, 2.05) is 18.7 Å². The van der Waals surface area contributed by atoms with Gasteiger partial charge >= 0.3 is 0 Å². The minimum atomic E-state index is -0.0419. The number of aromatic nitrogens is 5. The van der Waals surface area contributed by atoms with Crippen molar-refractivity contribution < 1.29 is 4.74 Å². The summed E-state index contributed by atoms with van der Waals surface area (Å²) in [6.45, 7) is 5.34. The van der Waals surface area contributed by atoms with Gasteiger partial charge in [-0.05, 0) is 19.8 Å². The molecule has 0 radical (unpaired) electrons. The summed E-state index contributed by atoms with van der Waals surface area (Å²) in [7, 11) is 2.01. The van der Waals surface area contributed by atoms with E-state index in [1.165, 1.54) is 24.1 Å². The van der Waals surface area contributed by atoms with E-state index in [0.29, 0.717) is 5.92 Å². The number of hydrogen-bond donors (Lipinski definition) is 1. The Hall–Kier alpha value is -1.73. The highest BCUT2D eigenvalue weighted by atomic mass is 16.5. The molecule has 1 atom stereocenters. The Kier molecular flexibility index (Phi) is 3.46. The summed E-state index contributed by atoms with van der Waals surface area (Å²) >= 11 is 0. The number of aryl methyl sites for hydroxylation is 2. The fourth-order valence-electron chi connectivity index (χ4n) is 3.12. The van der Waals surface area contributed by atoms with Crippen LogP contribution in [0.5, 0.6) is 0 Å². The maximum Gasteiger partial charge on any atom is 0.180 e. The molecule has 1 unspecified atom stereocenters. The van der Waals surface area contributed by atoms with Gasteiger partial charge in [-0.15, -0.1) is 0 Å². The van der Waals surface area contributed by atoms with Crippen molar-refractivity contribution in [3.05, 3.63) is 29.1 Å². The highest BCUT2D eigenvalue weighted by Crippen LogP contribution is 2.41. The molecule has 0 spiro atoms. The third kappa shape index (κ3) is 2.78. The average molecular weight is 302 g/mol. The number of ether oxygens (including phenoxy) is 1. The lowest BCUT2D eigenvalue weighted by molar-refractivity contribution is -0.0371. The van der Waals surface area contributed by atoms with Crippen LogP contribution in [0.2, 0.25) is 0 Å². The Balaban J connectivity index is 1.46. The van der Waals surface area contributed by atoms with Gasteiger partial charge in [0.15, 0.2) is 5.82 Å². The van der Waals surface area contributed by atoms with Crippen molar-refractivity contribution in [2.75, 3.05) is 19.7 Å². The van der Waals surface area contributed by atoms with Gasteiger partial charge in [-0.2, -0.15) is 10.2 Å². The Morgan fingerprint density at radius 1 is 1.41 bits per heavy atom. The smallest absolute Gasteiger partial charge is 0.180 e. The van der Waals surface area contributed by atoms with Crippen LogP contribution in [0.15, 0.2) is 6.20 Å². The maximum absolute atomic E-state index is 5.83. The predicted octanol–water partition coefficient (Wildman–Crippen LogP) is 1.30. The highest BCUT2D eigenvalue weighted by molar-refractivity contribution is 5.24. The summed E-state index contributed by atoms with van der Waals surface area (Å²) in [5.74, 6) is 2.28. The highest BCUT2D eigenvalue weighted by Gasteiger charge is 2.31. The topological polar surface area (TPSA) is 71.9 Å². The molecule has 2 aromatic heterocycles. The van der Waals surface area contributed by atoms with Crippen molar-refractivity contribution >= 4 is 0 Å². The van der Waals surface area contributed by atoms with Crippen LogP contribution in [0.4, 0.5) is 0 Å². The summed E-state index contributed by atoms with van der Waals surface area (Å²) in [6.07, 6.45) is 4.69. The second kappa shape index (κ2) is 5.48. The van der Waals surface area contributed by atoms with Crippen LogP contribution in [0.25, 0.3) is 0 Å². The van der Waals surface area contributed by atoms with Gasteiger partial charge in [0.25, 0.3) is 0 Å². The number of aromatic amines is 1. The molecule has 4 rings (SSSR count). The Morgan fingerprint density at radius 2 is 2.27 bits per heavy atom. The quantitative estimate of drug-likeness (QED) is 0.921. The van der Waals surface area contributed by atoms with Crippen molar-refractivity contribution in [3.8, 4) is 0 Å². The SMILES string of the molecule is Cc1nc(C2CN(Cc3cn(C)nc3C3CC3)CCO2)n[nH]1. The first kappa shape index (κ1) is 13.9. The monoisotopic (exact) mass is 302 g/mol. The maximum atomic E-state index is 5.83. The average Bonchev–Trinajstić information content (AvgIpc) is 3.15. The molecular formula is C15H22N6O. The summed E-state index contributed by atoms with van der Waals surface area (Å²) < 4.78 is 7.78. The molecule has 22 heavy (non-hydrogen) atoms. The molecule has 3 heterocycles. The van der Waals surface area contributed by atoms with Gasteiger partial charge in [0.05, 0.1) is 12.3 Å². The van der Waals surface area contributed by atoms with Crippen LogP contribution < -0.4 is 0 Å². The first-order valence-electron chi connectivity index (χ1n) is 7.94. The fraction of sp³-hybridized carbons (Fsp3) is 0.667. The molecule has 2 aliphatic rings. The lowest BCUT2D eigenvalue weighted by Gasteiger charge is -2.31. The van der Waals surface area contributed by atoms with E-state index in [4.69, 9.17) is 4.74 Å². The normalized spacial score (nSPS) is 23.1. The van der Waals surface area contributed by atoms with Crippen molar-refractivity contribution in [2.45, 2.75) is 38.3 Å². The van der Waals surface area contributed by atoms with E-state index in [-0.39, 0.29) is 6.10 Å². The van der Waals surface area contributed by atoms with Crippen molar-refractivity contribution in [1.29, 1.82) is 0 Å². The summed E-state index contributed by atoms with van der Waals surface area (Å²) in [4.78, 5) is 6.82. The lowest BCUT2D eigenvalue weighted by Crippen LogP contribution is -2.38. The molecule has 0 aromatic carbocycles. The van der Waals surface area contributed by atoms with Gasteiger partial charge < -0.3 is 4.74 Å². The predicted molar refractivity (Wildman–Crippen MR) is 80.3 cm³/mol. The minimum Gasteiger partial charge on any atom is -0.367 e. The zero-order valence-corrected chi connectivity index (χ0v) is 13.1. The van der Waals surface area contributed by atoms with Crippen LogP contribution in [0.3, 0.4) is 0 Å². The Bertz CT molecular complexity index is 659. The standard InChI is InChI=1S/C15H22N6O/c1-10-16-15(18-17-10)13-9-21(5-6-22-13)8-12-7-20(2)19-14(12)11-3-4-11/h7,11,13H,3-6,8-9H2,1-2H3,(H,16,17,18). The number of nitrogens with one attached hydrogen (secondary N) is 1. The number of rotatable bonds is 4. The Morgan fingerprint density at radius 3 is 3.00 bits per heavy atom. The Labute approximate surface area is 129 Å². The molecule has 7 heteroatoms. The molecule has 1 N–H and O–H groups in total. The second-order valence-corrected chi connectivity index (χ2v) is 6.36. The molecule has 1 aliphatic carbocycles. The van der Waals surface area contributed by atoms with Gasteiger partial charge in [-0.25, -0.2) is 4.98 Å². The number of morpholine rings is 1. The molecule has 0 bridgehead atoms. The van der Waals surface area contributed by atoms with Gasteiger partial charge in [0, 0.05) is 44.4 Å². The molecule has 1 saturated heterocycles. The zero-order chi connectivity index (χ0) is 15.1. The molecule has 118 valence electrons. The number of hydrogen-bond acceptors (Lipinski definition) is 5. The fourth-order valence-corrected chi connectivity index (χ4v) is 3.12. The number of nitrogens with zero attached hydrogens (tertiary/aromatic N) is 5. The third-order valence-electron chi connectivity index (χ3n) is 4.35. The van der Waals surface area contributed by atoms with Crippen LogP contribution in [-0.2, 0) is 18.3 Å². The van der Waals surface area contributed by atoms with Crippen molar-refractivity contribution in [3.63, 3.8) is 0 Å². The van der Waals surface area contributed by atoms with E-state index >= 15 is 0 Å².